The van der Waals surface area contributed by atoms with Crippen molar-refractivity contribution in [3.05, 3.63) is 30.5 Å². The van der Waals surface area contributed by atoms with Crippen molar-refractivity contribution < 1.29 is 25.2 Å². The third kappa shape index (κ3) is 5.74. The smallest absolute Gasteiger partial charge is 0.119 e. The minimum atomic E-state index is -1.21. The number of aromatic amines is 1. The van der Waals surface area contributed by atoms with Crippen LogP contribution in [-0.2, 0) is 0 Å². The SMILES string of the molecule is OC[C@@H]1[C@@H](O)[C@H](O)[C@@H](O)CN1CCCCCCOc1cccc(-c2cn[nH]n2)c1. The normalized spacial score (nSPS) is 25.2. The molecule has 2 aromatic rings. The molecule has 29 heavy (non-hydrogen) atoms. The maximum atomic E-state index is 10.0. The van der Waals surface area contributed by atoms with Crippen molar-refractivity contribution in [1.29, 1.82) is 0 Å². The highest BCUT2D eigenvalue weighted by molar-refractivity contribution is 5.59. The first-order valence-corrected chi connectivity index (χ1v) is 10.1. The minimum Gasteiger partial charge on any atom is -0.494 e. The highest BCUT2D eigenvalue weighted by atomic mass is 16.5. The Morgan fingerprint density at radius 3 is 2.69 bits per heavy atom. The summed E-state index contributed by atoms with van der Waals surface area (Å²) in [6.45, 7) is 1.29. The Morgan fingerprint density at radius 1 is 1.10 bits per heavy atom. The van der Waals surface area contributed by atoms with Gasteiger partial charge in [-0.05, 0) is 31.5 Å². The number of aliphatic hydroxyl groups excluding tert-OH is 4. The van der Waals surface area contributed by atoms with Crippen molar-refractivity contribution in [2.45, 2.75) is 50.0 Å². The van der Waals surface area contributed by atoms with Crippen LogP contribution in [0.1, 0.15) is 25.7 Å². The first kappa shape index (κ1) is 21.7. The highest BCUT2D eigenvalue weighted by Crippen LogP contribution is 2.22. The van der Waals surface area contributed by atoms with Crippen molar-refractivity contribution in [2.75, 3.05) is 26.3 Å². The number of benzene rings is 1. The molecule has 0 aliphatic carbocycles. The molecule has 1 aliphatic heterocycles. The molecule has 3 rings (SSSR count). The molecular formula is C20H30N4O5. The Balaban J connectivity index is 1.33. The zero-order valence-electron chi connectivity index (χ0n) is 16.4. The van der Waals surface area contributed by atoms with Crippen LogP contribution >= 0.6 is 0 Å². The lowest BCUT2D eigenvalue weighted by atomic mass is 9.94. The number of nitrogens with one attached hydrogen (secondary N) is 1. The molecule has 1 aliphatic rings. The Kier molecular flexibility index (Phi) is 7.96. The molecule has 0 spiro atoms. The van der Waals surface area contributed by atoms with Crippen LogP contribution in [0.3, 0.4) is 0 Å². The third-order valence-corrected chi connectivity index (χ3v) is 5.37. The van der Waals surface area contributed by atoms with Gasteiger partial charge in [-0.2, -0.15) is 15.4 Å². The first-order valence-electron chi connectivity index (χ1n) is 10.1. The topological polar surface area (TPSA) is 135 Å². The van der Waals surface area contributed by atoms with E-state index in [0.29, 0.717) is 13.2 Å². The molecule has 0 saturated carbocycles. The van der Waals surface area contributed by atoms with Crippen molar-refractivity contribution >= 4 is 0 Å². The fourth-order valence-electron chi connectivity index (χ4n) is 3.68. The summed E-state index contributed by atoms with van der Waals surface area (Å²) in [6.07, 6.45) is 2.11. The van der Waals surface area contributed by atoms with Gasteiger partial charge in [0.2, 0.25) is 0 Å². The van der Waals surface area contributed by atoms with Gasteiger partial charge >= 0.3 is 0 Å². The average molecular weight is 406 g/mol. The lowest BCUT2D eigenvalue weighted by molar-refractivity contribution is -0.145. The van der Waals surface area contributed by atoms with Crippen LogP contribution in [0.5, 0.6) is 5.75 Å². The summed E-state index contributed by atoms with van der Waals surface area (Å²) in [5, 5.41) is 49.5. The van der Waals surface area contributed by atoms with E-state index in [9.17, 15) is 20.4 Å². The van der Waals surface area contributed by atoms with Gasteiger partial charge in [0.25, 0.3) is 0 Å². The molecule has 1 fully saturated rings. The molecule has 2 heterocycles. The number of rotatable bonds is 10. The quantitative estimate of drug-likeness (QED) is 0.353. The van der Waals surface area contributed by atoms with Crippen molar-refractivity contribution in [3.8, 4) is 17.0 Å². The van der Waals surface area contributed by atoms with E-state index in [2.05, 4.69) is 15.4 Å². The second-order valence-corrected chi connectivity index (χ2v) is 7.44. The fraction of sp³-hybridized carbons (Fsp3) is 0.600. The van der Waals surface area contributed by atoms with Gasteiger partial charge in [0.05, 0.1) is 31.6 Å². The molecule has 0 radical (unpaired) electrons. The number of likely N-dealkylation sites (tertiary alicyclic amines) is 1. The van der Waals surface area contributed by atoms with E-state index < -0.39 is 24.4 Å². The van der Waals surface area contributed by atoms with Gasteiger partial charge in [0.1, 0.15) is 23.7 Å². The maximum Gasteiger partial charge on any atom is 0.119 e. The Bertz CT molecular complexity index is 729. The fourth-order valence-corrected chi connectivity index (χ4v) is 3.68. The Hall–Kier alpha value is -2.04. The molecule has 160 valence electrons. The summed E-state index contributed by atoms with van der Waals surface area (Å²) in [6, 6.07) is 7.20. The van der Waals surface area contributed by atoms with Crippen LogP contribution in [0, 0.1) is 0 Å². The number of nitrogens with zero attached hydrogens (tertiary/aromatic N) is 3. The predicted molar refractivity (Wildman–Crippen MR) is 106 cm³/mol. The third-order valence-electron chi connectivity index (χ3n) is 5.37. The minimum absolute atomic E-state index is 0.244. The molecule has 0 unspecified atom stereocenters. The van der Waals surface area contributed by atoms with Crippen LogP contribution in [0.4, 0.5) is 0 Å². The van der Waals surface area contributed by atoms with Gasteiger partial charge in [-0.15, -0.1) is 0 Å². The van der Waals surface area contributed by atoms with Crippen LogP contribution in [-0.4, -0.2) is 91.4 Å². The van der Waals surface area contributed by atoms with E-state index in [4.69, 9.17) is 4.74 Å². The second-order valence-electron chi connectivity index (χ2n) is 7.44. The van der Waals surface area contributed by atoms with E-state index in [1.165, 1.54) is 0 Å². The molecule has 1 aromatic carbocycles. The summed E-state index contributed by atoms with van der Waals surface area (Å²) in [7, 11) is 0. The number of hydrogen-bond acceptors (Lipinski definition) is 8. The molecule has 9 nitrogen and oxygen atoms in total. The van der Waals surface area contributed by atoms with E-state index in [1.54, 1.807) is 6.20 Å². The number of piperidine rings is 1. The molecule has 5 N–H and O–H groups in total. The molecule has 0 bridgehead atoms. The van der Waals surface area contributed by atoms with Gasteiger partial charge in [-0.1, -0.05) is 25.0 Å². The van der Waals surface area contributed by atoms with Crippen molar-refractivity contribution in [2.24, 2.45) is 0 Å². The van der Waals surface area contributed by atoms with E-state index in [-0.39, 0.29) is 13.2 Å². The van der Waals surface area contributed by atoms with Crippen LogP contribution in [0.25, 0.3) is 11.3 Å². The van der Waals surface area contributed by atoms with E-state index in [0.717, 1.165) is 42.7 Å². The number of aliphatic hydroxyl groups is 4. The van der Waals surface area contributed by atoms with Crippen molar-refractivity contribution in [3.63, 3.8) is 0 Å². The number of H-pyrrole nitrogens is 1. The second kappa shape index (κ2) is 10.7. The van der Waals surface area contributed by atoms with Gasteiger partial charge in [0, 0.05) is 12.1 Å². The number of unbranched alkanes of at least 4 members (excludes halogenated alkanes) is 3. The summed E-state index contributed by atoms with van der Waals surface area (Å²) < 4.78 is 5.82. The lowest BCUT2D eigenvalue weighted by Crippen LogP contribution is -2.62. The van der Waals surface area contributed by atoms with Gasteiger partial charge in [0.15, 0.2) is 0 Å². The molecule has 1 saturated heterocycles. The number of ether oxygens (including phenoxy) is 1. The van der Waals surface area contributed by atoms with Gasteiger partial charge < -0.3 is 25.2 Å². The Labute approximate surface area is 169 Å². The summed E-state index contributed by atoms with van der Waals surface area (Å²) in [5.74, 6) is 0.797. The number of β-amino-alcohol motifs (C(OH)–C–C–N with tert-alkyl or cyclic N) is 1. The molecule has 4 atom stereocenters. The van der Waals surface area contributed by atoms with Crippen LogP contribution in [0.2, 0.25) is 0 Å². The molecule has 9 heteroatoms. The van der Waals surface area contributed by atoms with Crippen LogP contribution in [0.15, 0.2) is 30.5 Å². The average Bonchev–Trinajstić information content (AvgIpc) is 3.27. The standard InChI is InChI=1S/C20H30N4O5/c25-13-17-19(27)20(28)18(26)12-24(17)8-3-1-2-4-9-29-15-7-5-6-14(10-15)16-11-21-23-22-16/h5-7,10-11,17-20,25-28H,1-4,8-9,12-13H2,(H,21,22,23)/t17-,18+,19-,20-/m1/s1. The zero-order valence-corrected chi connectivity index (χ0v) is 16.4. The molecule has 0 amide bonds. The predicted octanol–water partition coefficient (Wildman–Crippen LogP) is 0.170. The zero-order chi connectivity index (χ0) is 20.6. The number of aromatic nitrogens is 3. The van der Waals surface area contributed by atoms with E-state index >= 15 is 0 Å². The van der Waals surface area contributed by atoms with Crippen LogP contribution < -0.4 is 4.74 Å². The van der Waals surface area contributed by atoms with Gasteiger partial charge in [-0.3, -0.25) is 4.90 Å². The van der Waals surface area contributed by atoms with Gasteiger partial charge in [-0.25, -0.2) is 0 Å². The van der Waals surface area contributed by atoms with E-state index in [1.807, 2.05) is 29.2 Å². The molecular weight excluding hydrogens is 376 g/mol. The monoisotopic (exact) mass is 406 g/mol. The molecule has 1 aromatic heterocycles. The number of hydrogen-bond donors (Lipinski definition) is 5. The Morgan fingerprint density at radius 2 is 1.93 bits per heavy atom. The lowest BCUT2D eigenvalue weighted by Gasteiger charge is -2.43. The highest BCUT2D eigenvalue weighted by Gasteiger charge is 2.40. The van der Waals surface area contributed by atoms with Crippen molar-refractivity contribution in [1.82, 2.24) is 20.3 Å². The largest absolute Gasteiger partial charge is 0.494 e. The summed E-state index contributed by atoms with van der Waals surface area (Å²) >= 11 is 0. The summed E-state index contributed by atoms with van der Waals surface area (Å²) in [5.41, 5.74) is 1.72. The summed E-state index contributed by atoms with van der Waals surface area (Å²) in [4.78, 5) is 1.86. The first-order chi connectivity index (χ1) is 14.1. The maximum absolute atomic E-state index is 10.0.